The molecule has 3 rings (SSSR count). The zero-order chi connectivity index (χ0) is 24.5. The maximum atomic E-state index is 12.7. The summed E-state index contributed by atoms with van der Waals surface area (Å²) >= 11 is 1.23. The van der Waals surface area contributed by atoms with E-state index in [9.17, 15) is 14.4 Å². The highest BCUT2D eigenvalue weighted by molar-refractivity contribution is 7.99. The number of benzene rings is 2. The SMILES string of the molecule is CC(C)CCC(NC(=O)OCC1c2ccccc2-c2ccccc21)C(=O)NCCSCC(=O)O. The molecule has 34 heavy (non-hydrogen) atoms. The maximum Gasteiger partial charge on any atom is 0.407 e. The lowest BCUT2D eigenvalue weighted by molar-refractivity contribution is -0.133. The molecule has 0 heterocycles. The average molecular weight is 485 g/mol. The Balaban J connectivity index is 1.57. The largest absolute Gasteiger partial charge is 0.481 e. The number of fused-ring (bicyclic) bond motifs is 3. The minimum atomic E-state index is -0.886. The number of carbonyl (C=O) groups is 3. The molecule has 0 fully saturated rings. The van der Waals surface area contributed by atoms with Crippen LogP contribution in [0.25, 0.3) is 11.1 Å². The number of alkyl carbamates (subject to hydrolysis) is 1. The lowest BCUT2D eigenvalue weighted by Gasteiger charge is -2.20. The van der Waals surface area contributed by atoms with Crippen LogP contribution >= 0.6 is 11.8 Å². The van der Waals surface area contributed by atoms with Crippen LogP contribution in [0.5, 0.6) is 0 Å². The zero-order valence-corrected chi connectivity index (χ0v) is 20.4. The smallest absolute Gasteiger partial charge is 0.407 e. The van der Waals surface area contributed by atoms with E-state index in [1.54, 1.807) is 0 Å². The quantitative estimate of drug-likeness (QED) is 0.389. The predicted molar refractivity (Wildman–Crippen MR) is 134 cm³/mol. The van der Waals surface area contributed by atoms with Crippen LogP contribution in [-0.4, -0.2) is 53.8 Å². The Labute approximate surface area is 204 Å². The van der Waals surface area contributed by atoms with Gasteiger partial charge in [-0.3, -0.25) is 9.59 Å². The minimum Gasteiger partial charge on any atom is -0.481 e. The fourth-order valence-electron chi connectivity index (χ4n) is 4.08. The van der Waals surface area contributed by atoms with E-state index in [0.717, 1.165) is 28.7 Å². The monoisotopic (exact) mass is 484 g/mol. The highest BCUT2D eigenvalue weighted by Crippen LogP contribution is 2.44. The molecule has 1 unspecified atom stereocenters. The van der Waals surface area contributed by atoms with Crippen LogP contribution in [0.4, 0.5) is 4.79 Å². The number of hydrogen-bond donors (Lipinski definition) is 3. The van der Waals surface area contributed by atoms with Crippen LogP contribution in [0.1, 0.15) is 43.7 Å². The molecule has 2 amide bonds. The number of carboxylic acid groups (broad SMARTS) is 1. The summed E-state index contributed by atoms with van der Waals surface area (Å²) in [4.78, 5) is 35.9. The van der Waals surface area contributed by atoms with Gasteiger partial charge in [0.25, 0.3) is 0 Å². The van der Waals surface area contributed by atoms with Gasteiger partial charge in [-0.1, -0.05) is 62.4 Å². The van der Waals surface area contributed by atoms with Gasteiger partial charge >= 0.3 is 12.1 Å². The maximum absolute atomic E-state index is 12.7. The number of aliphatic carboxylic acids is 1. The highest BCUT2D eigenvalue weighted by atomic mass is 32.2. The molecule has 0 aromatic heterocycles. The predicted octanol–water partition coefficient (Wildman–Crippen LogP) is 4.26. The van der Waals surface area contributed by atoms with E-state index in [0.29, 0.717) is 24.6 Å². The number of amides is 2. The molecule has 0 saturated carbocycles. The van der Waals surface area contributed by atoms with Gasteiger partial charge < -0.3 is 20.5 Å². The van der Waals surface area contributed by atoms with Crippen LogP contribution < -0.4 is 10.6 Å². The molecule has 0 radical (unpaired) electrons. The summed E-state index contributed by atoms with van der Waals surface area (Å²) in [5.74, 6) is -0.365. The van der Waals surface area contributed by atoms with Crippen LogP contribution in [0.2, 0.25) is 0 Å². The van der Waals surface area contributed by atoms with Gasteiger partial charge in [0, 0.05) is 18.2 Å². The summed E-state index contributed by atoms with van der Waals surface area (Å²) in [5.41, 5.74) is 4.57. The van der Waals surface area contributed by atoms with Gasteiger partial charge in [0.2, 0.25) is 5.91 Å². The van der Waals surface area contributed by atoms with Gasteiger partial charge in [-0.25, -0.2) is 4.79 Å². The second kappa shape index (κ2) is 12.5. The molecule has 3 N–H and O–H groups in total. The Morgan fingerprint density at radius 1 is 1.00 bits per heavy atom. The fourth-order valence-corrected chi connectivity index (χ4v) is 4.65. The van der Waals surface area contributed by atoms with E-state index >= 15 is 0 Å². The third-order valence-corrected chi connectivity index (χ3v) is 6.70. The first-order chi connectivity index (χ1) is 16.4. The number of carboxylic acids is 1. The zero-order valence-electron chi connectivity index (χ0n) is 19.6. The second-order valence-corrected chi connectivity index (χ2v) is 9.84. The number of nitrogens with one attached hydrogen (secondary N) is 2. The number of thioether (sulfide) groups is 1. The van der Waals surface area contributed by atoms with Crippen molar-refractivity contribution in [2.45, 2.75) is 38.6 Å². The molecular weight excluding hydrogens is 452 g/mol. The number of carbonyl (C=O) groups excluding carboxylic acids is 2. The summed E-state index contributed by atoms with van der Waals surface area (Å²) in [5, 5.41) is 14.2. The Kier molecular flexibility index (Phi) is 9.39. The lowest BCUT2D eigenvalue weighted by atomic mass is 9.98. The first kappa shape index (κ1) is 25.6. The van der Waals surface area contributed by atoms with Gasteiger partial charge in [0.15, 0.2) is 0 Å². The van der Waals surface area contributed by atoms with Crippen molar-refractivity contribution in [3.05, 3.63) is 59.7 Å². The van der Waals surface area contributed by atoms with Crippen molar-refractivity contribution in [1.29, 1.82) is 0 Å². The van der Waals surface area contributed by atoms with Crippen molar-refractivity contribution < 1.29 is 24.2 Å². The Morgan fingerprint density at radius 2 is 1.62 bits per heavy atom. The summed E-state index contributed by atoms with van der Waals surface area (Å²) < 4.78 is 5.60. The standard InChI is InChI=1S/C26H32N2O5S/c1-17(2)11-12-23(25(31)27-13-14-34-16-24(29)30)28-26(32)33-15-22-20-9-5-3-7-18(20)19-8-4-6-10-21(19)22/h3-10,17,22-23H,11-16H2,1-2H3,(H,27,31)(H,28,32)(H,29,30). The number of hydrogen-bond acceptors (Lipinski definition) is 5. The van der Waals surface area contributed by atoms with Crippen molar-refractivity contribution in [2.75, 3.05) is 24.7 Å². The molecule has 2 aromatic rings. The Morgan fingerprint density at radius 3 is 2.21 bits per heavy atom. The normalized spacial score (nSPS) is 13.1. The lowest BCUT2D eigenvalue weighted by Crippen LogP contribution is -2.47. The second-order valence-electron chi connectivity index (χ2n) is 8.73. The molecule has 8 heteroatoms. The van der Waals surface area contributed by atoms with Crippen molar-refractivity contribution in [3.63, 3.8) is 0 Å². The van der Waals surface area contributed by atoms with E-state index in [4.69, 9.17) is 9.84 Å². The van der Waals surface area contributed by atoms with E-state index in [2.05, 4.69) is 48.7 Å². The first-order valence-electron chi connectivity index (χ1n) is 11.6. The third kappa shape index (κ3) is 7.00. The van der Waals surface area contributed by atoms with Gasteiger partial charge in [-0.15, -0.1) is 11.8 Å². The number of rotatable bonds is 12. The van der Waals surface area contributed by atoms with Crippen molar-refractivity contribution in [2.24, 2.45) is 5.92 Å². The van der Waals surface area contributed by atoms with Gasteiger partial charge in [0.1, 0.15) is 12.6 Å². The molecule has 2 aromatic carbocycles. The molecule has 182 valence electrons. The van der Waals surface area contributed by atoms with Gasteiger partial charge in [0.05, 0.1) is 5.75 Å². The first-order valence-corrected chi connectivity index (χ1v) is 12.7. The molecule has 1 atom stereocenters. The van der Waals surface area contributed by atoms with E-state index in [1.165, 1.54) is 11.8 Å². The Bertz CT molecular complexity index is 965. The topological polar surface area (TPSA) is 105 Å². The van der Waals surface area contributed by atoms with Crippen molar-refractivity contribution in [1.82, 2.24) is 10.6 Å². The molecule has 0 spiro atoms. The highest BCUT2D eigenvalue weighted by Gasteiger charge is 2.29. The molecule has 7 nitrogen and oxygen atoms in total. The summed E-state index contributed by atoms with van der Waals surface area (Å²) in [7, 11) is 0. The third-order valence-electron chi connectivity index (χ3n) is 5.76. The van der Waals surface area contributed by atoms with Gasteiger partial charge in [-0.2, -0.15) is 0 Å². The van der Waals surface area contributed by atoms with Crippen LogP contribution in [-0.2, 0) is 14.3 Å². The summed E-state index contributed by atoms with van der Waals surface area (Å²) in [6.45, 7) is 4.64. The molecule has 0 bridgehead atoms. The fraction of sp³-hybridized carbons (Fsp3) is 0.423. The Hall–Kier alpha value is -3.00. The van der Waals surface area contributed by atoms with E-state index in [-0.39, 0.29) is 24.2 Å². The summed E-state index contributed by atoms with van der Waals surface area (Å²) in [6.07, 6.45) is 0.650. The average Bonchev–Trinajstić information content (AvgIpc) is 3.13. The van der Waals surface area contributed by atoms with Crippen LogP contribution in [0, 0.1) is 5.92 Å². The molecule has 0 aliphatic heterocycles. The van der Waals surface area contributed by atoms with Crippen LogP contribution in [0.15, 0.2) is 48.5 Å². The molecule has 0 saturated heterocycles. The van der Waals surface area contributed by atoms with Crippen molar-refractivity contribution >= 4 is 29.7 Å². The van der Waals surface area contributed by atoms with E-state index < -0.39 is 18.1 Å². The van der Waals surface area contributed by atoms with Crippen molar-refractivity contribution in [3.8, 4) is 11.1 Å². The van der Waals surface area contributed by atoms with E-state index in [1.807, 2.05) is 24.3 Å². The molecular formula is C26H32N2O5S. The number of ether oxygens (including phenoxy) is 1. The van der Waals surface area contributed by atoms with Gasteiger partial charge in [-0.05, 0) is 41.0 Å². The minimum absolute atomic E-state index is 0.00928. The molecule has 1 aliphatic carbocycles. The van der Waals surface area contributed by atoms with Crippen LogP contribution in [0.3, 0.4) is 0 Å². The molecule has 1 aliphatic rings. The summed E-state index contributed by atoms with van der Waals surface area (Å²) in [6, 6.07) is 15.5.